The standard InChI is InChI=1S/C19H20N8O2/c1-11(2)21-16(28)10-27-9-12(3-6-17(27)29)18-23-19(26-25-18)22-14-4-5-15-13(7-14)8-20-24-15/h3-9,11H,10H2,1-2H3,(H,20,24)(H,21,28)(H2,22,23,25,26). The first-order valence-corrected chi connectivity index (χ1v) is 9.11. The van der Waals surface area contributed by atoms with E-state index < -0.39 is 0 Å². The maximum absolute atomic E-state index is 12.1. The van der Waals surface area contributed by atoms with Crippen LogP contribution in [0.5, 0.6) is 0 Å². The summed E-state index contributed by atoms with van der Waals surface area (Å²) in [6.07, 6.45) is 3.33. The number of fused-ring (bicyclic) bond motifs is 1. The molecule has 0 aliphatic rings. The van der Waals surface area contributed by atoms with E-state index in [4.69, 9.17) is 0 Å². The summed E-state index contributed by atoms with van der Waals surface area (Å²) in [5.41, 5.74) is 2.15. The zero-order valence-corrected chi connectivity index (χ0v) is 15.9. The van der Waals surface area contributed by atoms with E-state index >= 15 is 0 Å². The minimum absolute atomic E-state index is 0.00515. The second-order valence-corrected chi connectivity index (χ2v) is 6.93. The van der Waals surface area contributed by atoms with Crippen molar-refractivity contribution in [2.45, 2.75) is 26.4 Å². The molecule has 0 saturated carbocycles. The summed E-state index contributed by atoms with van der Waals surface area (Å²) < 4.78 is 1.34. The van der Waals surface area contributed by atoms with Crippen LogP contribution in [0.2, 0.25) is 0 Å². The first kappa shape index (κ1) is 18.4. The Morgan fingerprint density at radius 2 is 2.07 bits per heavy atom. The van der Waals surface area contributed by atoms with Crippen molar-refractivity contribution in [2.75, 3.05) is 5.32 Å². The highest BCUT2D eigenvalue weighted by atomic mass is 16.2. The second kappa shape index (κ2) is 7.58. The highest BCUT2D eigenvalue weighted by molar-refractivity contribution is 5.82. The molecule has 4 N–H and O–H groups in total. The summed E-state index contributed by atoms with van der Waals surface area (Å²) in [4.78, 5) is 27.1. The lowest BCUT2D eigenvalue weighted by molar-refractivity contribution is -0.122. The van der Waals surface area contributed by atoms with Crippen LogP contribution < -0.4 is 16.2 Å². The van der Waals surface area contributed by atoms with E-state index in [9.17, 15) is 9.59 Å². The van der Waals surface area contributed by atoms with Crippen molar-refractivity contribution < 1.29 is 4.79 Å². The van der Waals surface area contributed by atoms with Crippen molar-refractivity contribution in [1.29, 1.82) is 0 Å². The highest BCUT2D eigenvalue weighted by Gasteiger charge is 2.10. The number of benzene rings is 1. The monoisotopic (exact) mass is 392 g/mol. The van der Waals surface area contributed by atoms with Crippen molar-refractivity contribution in [1.82, 2.24) is 35.3 Å². The number of amides is 1. The van der Waals surface area contributed by atoms with Gasteiger partial charge in [0.15, 0.2) is 5.82 Å². The Morgan fingerprint density at radius 3 is 2.90 bits per heavy atom. The number of H-pyrrole nitrogens is 2. The zero-order valence-electron chi connectivity index (χ0n) is 15.9. The number of aromatic nitrogens is 6. The molecular weight excluding hydrogens is 372 g/mol. The number of pyridine rings is 1. The van der Waals surface area contributed by atoms with Crippen molar-refractivity contribution in [3.63, 3.8) is 0 Å². The highest BCUT2D eigenvalue weighted by Crippen LogP contribution is 2.21. The quantitative estimate of drug-likeness (QED) is 0.395. The first-order valence-electron chi connectivity index (χ1n) is 9.11. The van der Waals surface area contributed by atoms with Gasteiger partial charge in [-0.1, -0.05) is 0 Å². The molecule has 0 atom stereocenters. The molecule has 0 aliphatic carbocycles. The van der Waals surface area contributed by atoms with Gasteiger partial charge in [-0.3, -0.25) is 14.7 Å². The fraction of sp³-hybridized carbons (Fsp3) is 0.211. The van der Waals surface area contributed by atoms with Gasteiger partial charge in [0.1, 0.15) is 6.54 Å². The molecule has 3 heterocycles. The van der Waals surface area contributed by atoms with Gasteiger partial charge < -0.3 is 20.2 Å². The van der Waals surface area contributed by atoms with E-state index in [0.717, 1.165) is 16.6 Å². The molecule has 0 saturated heterocycles. The predicted octanol–water partition coefficient (Wildman–Crippen LogP) is 1.78. The summed E-state index contributed by atoms with van der Waals surface area (Å²) in [6, 6.07) is 8.80. The average molecular weight is 392 g/mol. The molecule has 10 nitrogen and oxygen atoms in total. The van der Waals surface area contributed by atoms with Gasteiger partial charge in [0.25, 0.3) is 5.56 Å². The molecule has 0 fully saturated rings. The number of anilines is 2. The van der Waals surface area contributed by atoms with Crippen LogP contribution in [-0.2, 0) is 11.3 Å². The number of carbonyl (C=O) groups excluding carboxylic acids is 1. The Morgan fingerprint density at radius 1 is 1.21 bits per heavy atom. The summed E-state index contributed by atoms with van der Waals surface area (Å²) in [6.45, 7) is 3.67. The van der Waals surface area contributed by atoms with Gasteiger partial charge in [0, 0.05) is 34.9 Å². The molecule has 0 aliphatic heterocycles. The molecule has 1 amide bonds. The maximum Gasteiger partial charge on any atom is 0.251 e. The Bertz CT molecular complexity index is 1220. The van der Waals surface area contributed by atoms with Crippen LogP contribution in [0.4, 0.5) is 11.6 Å². The summed E-state index contributed by atoms with van der Waals surface area (Å²) >= 11 is 0. The Balaban J connectivity index is 1.53. The van der Waals surface area contributed by atoms with Gasteiger partial charge in [-0.05, 0) is 38.1 Å². The molecule has 4 rings (SSSR count). The Kier molecular flexibility index (Phi) is 4.82. The number of aromatic amines is 2. The van der Waals surface area contributed by atoms with E-state index in [1.165, 1.54) is 10.6 Å². The lowest BCUT2D eigenvalue weighted by Crippen LogP contribution is -2.35. The number of hydrogen-bond donors (Lipinski definition) is 4. The number of rotatable bonds is 6. The normalized spacial score (nSPS) is 11.1. The number of nitrogens with zero attached hydrogens (tertiary/aromatic N) is 4. The van der Waals surface area contributed by atoms with Gasteiger partial charge >= 0.3 is 0 Å². The van der Waals surface area contributed by atoms with Crippen LogP contribution in [0.15, 0.2) is 47.5 Å². The fourth-order valence-corrected chi connectivity index (χ4v) is 2.92. The minimum Gasteiger partial charge on any atom is -0.352 e. The minimum atomic E-state index is -0.265. The van der Waals surface area contributed by atoms with E-state index in [1.807, 2.05) is 32.0 Å². The third-order valence-corrected chi connectivity index (χ3v) is 4.21. The molecule has 3 aromatic heterocycles. The van der Waals surface area contributed by atoms with E-state index in [-0.39, 0.29) is 24.1 Å². The Hall–Kier alpha value is -3.95. The van der Waals surface area contributed by atoms with Gasteiger partial charge in [0.2, 0.25) is 11.9 Å². The molecule has 0 unspecified atom stereocenters. The fourth-order valence-electron chi connectivity index (χ4n) is 2.92. The average Bonchev–Trinajstić information content (AvgIpc) is 3.32. The van der Waals surface area contributed by atoms with Crippen LogP contribution in [0.25, 0.3) is 22.3 Å². The lowest BCUT2D eigenvalue weighted by Gasteiger charge is -2.10. The SMILES string of the molecule is CC(C)NC(=O)Cn1cc(-c2nnc(Nc3ccc4[nH]ncc4c3)[nH]2)ccc1=O. The summed E-state index contributed by atoms with van der Waals surface area (Å²) in [5, 5.41) is 22.0. The molecule has 1 aromatic carbocycles. The summed E-state index contributed by atoms with van der Waals surface area (Å²) in [7, 11) is 0. The number of hydrogen-bond acceptors (Lipinski definition) is 6. The largest absolute Gasteiger partial charge is 0.352 e. The zero-order chi connectivity index (χ0) is 20.4. The van der Waals surface area contributed by atoms with Crippen molar-refractivity contribution in [3.8, 4) is 11.4 Å². The van der Waals surface area contributed by atoms with Crippen LogP contribution in [0, 0.1) is 0 Å². The van der Waals surface area contributed by atoms with Crippen LogP contribution in [0.3, 0.4) is 0 Å². The molecule has 10 heteroatoms. The third-order valence-electron chi connectivity index (χ3n) is 4.21. The molecule has 0 radical (unpaired) electrons. The van der Waals surface area contributed by atoms with E-state index in [1.54, 1.807) is 18.5 Å². The lowest BCUT2D eigenvalue weighted by atomic mass is 10.2. The molecule has 0 spiro atoms. The van der Waals surface area contributed by atoms with Crippen molar-refractivity contribution in [3.05, 3.63) is 53.1 Å². The van der Waals surface area contributed by atoms with Gasteiger partial charge in [0.05, 0.1) is 11.7 Å². The first-order chi connectivity index (χ1) is 14.0. The maximum atomic E-state index is 12.1. The van der Waals surface area contributed by atoms with Crippen molar-refractivity contribution >= 4 is 28.4 Å². The molecule has 4 aromatic rings. The van der Waals surface area contributed by atoms with E-state index in [0.29, 0.717) is 17.3 Å². The topological polar surface area (TPSA) is 133 Å². The molecule has 148 valence electrons. The predicted molar refractivity (Wildman–Crippen MR) is 109 cm³/mol. The van der Waals surface area contributed by atoms with Gasteiger partial charge in [-0.25, -0.2) is 0 Å². The van der Waals surface area contributed by atoms with Gasteiger partial charge in [-0.2, -0.15) is 5.10 Å². The smallest absolute Gasteiger partial charge is 0.251 e. The van der Waals surface area contributed by atoms with Crippen molar-refractivity contribution in [2.24, 2.45) is 0 Å². The van der Waals surface area contributed by atoms with E-state index in [2.05, 4.69) is 36.0 Å². The summed E-state index contributed by atoms with van der Waals surface area (Å²) in [5.74, 6) is 0.710. The molecule has 0 bridgehead atoms. The Labute approximate surface area is 165 Å². The van der Waals surface area contributed by atoms with Crippen LogP contribution in [0.1, 0.15) is 13.8 Å². The molecule has 29 heavy (non-hydrogen) atoms. The third kappa shape index (κ3) is 4.15. The second-order valence-electron chi connectivity index (χ2n) is 6.93. The van der Waals surface area contributed by atoms with Crippen LogP contribution >= 0.6 is 0 Å². The van der Waals surface area contributed by atoms with Crippen LogP contribution in [-0.4, -0.2) is 41.9 Å². The number of nitrogens with one attached hydrogen (secondary N) is 4. The molecular formula is C19H20N8O2. The number of carbonyl (C=O) groups is 1. The van der Waals surface area contributed by atoms with Gasteiger partial charge in [-0.15, -0.1) is 10.2 Å².